The van der Waals surface area contributed by atoms with Gasteiger partial charge >= 0.3 is 5.97 Å². The smallest absolute Gasteiger partial charge is 0.305 e. The van der Waals surface area contributed by atoms with E-state index in [2.05, 4.69) is 36.6 Å². The number of hydrogen-bond acceptors (Lipinski definition) is 11. The van der Waals surface area contributed by atoms with Crippen LogP contribution in [0.15, 0.2) is 23.5 Å². The first kappa shape index (κ1) is 42.4. The van der Waals surface area contributed by atoms with Crippen LogP contribution >= 0.6 is 21.6 Å². The van der Waals surface area contributed by atoms with E-state index in [4.69, 9.17) is 17.2 Å². The number of aliphatic carboxylic acids is 1. The Bertz CT molecular complexity index is 1510. The van der Waals surface area contributed by atoms with Gasteiger partial charge in [-0.15, -0.1) is 0 Å². The van der Waals surface area contributed by atoms with Gasteiger partial charge in [0.05, 0.1) is 13.0 Å². The minimum absolute atomic E-state index is 0.00649. The van der Waals surface area contributed by atoms with Crippen molar-refractivity contribution in [2.24, 2.45) is 22.2 Å². The van der Waals surface area contributed by atoms with Gasteiger partial charge in [0.1, 0.15) is 30.2 Å². The highest BCUT2D eigenvalue weighted by Crippen LogP contribution is 2.26. The zero-order valence-corrected chi connectivity index (χ0v) is 30.6. The molecule has 2 aliphatic heterocycles. The Balaban J connectivity index is 1.85. The minimum Gasteiger partial charge on any atom is -0.481 e. The molecule has 0 aliphatic carbocycles. The second-order valence-corrected chi connectivity index (χ2v) is 14.9. The summed E-state index contributed by atoms with van der Waals surface area (Å²) in [6, 6.07) is -4.69. The summed E-state index contributed by atoms with van der Waals surface area (Å²) in [5.74, 6) is -6.31. The number of unbranched alkanes of at least 4 members (excludes halogenated alkanes) is 2. The van der Waals surface area contributed by atoms with E-state index in [0.29, 0.717) is 37.8 Å². The number of fused-ring (bicyclic) bond motifs is 1. The number of nitrogens with one attached hydrogen (secondary N) is 6. The number of nitrogens with two attached hydrogens (primary N) is 3. The van der Waals surface area contributed by atoms with Crippen molar-refractivity contribution in [2.45, 2.75) is 81.6 Å². The molecule has 1 unspecified atom stereocenters. The summed E-state index contributed by atoms with van der Waals surface area (Å²) in [5.41, 5.74) is 16.6. The largest absolute Gasteiger partial charge is 0.481 e. The van der Waals surface area contributed by atoms with Gasteiger partial charge in [-0.2, -0.15) is 0 Å². The van der Waals surface area contributed by atoms with Crippen molar-refractivity contribution >= 4 is 74.9 Å². The van der Waals surface area contributed by atoms with Gasteiger partial charge in [0.25, 0.3) is 5.91 Å². The van der Waals surface area contributed by atoms with Gasteiger partial charge in [-0.3, -0.25) is 43.3 Å². The van der Waals surface area contributed by atoms with Crippen molar-refractivity contribution in [3.05, 3.63) is 24.0 Å². The second kappa shape index (κ2) is 21.5. The monoisotopic (exact) mass is 781 g/mol. The summed E-state index contributed by atoms with van der Waals surface area (Å²) >= 11 is 0. The summed E-state index contributed by atoms with van der Waals surface area (Å²) in [4.78, 5) is 112. The van der Waals surface area contributed by atoms with E-state index < -0.39 is 90.5 Å². The number of nitrogens with zero attached hydrogens (tertiary/aromatic N) is 2. The molecule has 5 atom stereocenters. The lowest BCUT2D eigenvalue weighted by Crippen LogP contribution is -2.56. The lowest BCUT2D eigenvalue weighted by molar-refractivity contribution is -0.143. The van der Waals surface area contributed by atoms with Gasteiger partial charge in [-0.05, 0) is 31.7 Å². The first-order chi connectivity index (χ1) is 25.3. The highest BCUT2D eigenvalue weighted by atomic mass is 33.1. The Morgan fingerprint density at radius 2 is 1.66 bits per heavy atom. The molecule has 0 saturated carbocycles. The van der Waals surface area contributed by atoms with Crippen LogP contribution in [0.4, 0.5) is 0 Å². The third kappa shape index (κ3) is 14.2. The molecule has 13 N–H and O–H groups in total. The molecule has 3 rings (SSSR count). The SMILES string of the molecule is NC(=O)C1CSSCCC(=O)N[C@@H](CCCCCN=C(N)N)C(=O)NCC(=O)N[C@@H](CC(=O)O)C(=O)N[C@H](c2cc[nH]c2)C(=O)N2CCC[C@H]2C(=O)N1. The molecule has 2 aliphatic rings. The van der Waals surface area contributed by atoms with Gasteiger partial charge in [-0.1, -0.05) is 34.4 Å². The van der Waals surface area contributed by atoms with E-state index in [9.17, 15) is 43.5 Å². The maximum atomic E-state index is 14.0. The Morgan fingerprint density at radius 3 is 2.34 bits per heavy atom. The third-order valence-corrected chi connectivity index (χ3v) is 10.7. The van der Waals surface area contributed by atoms with Crippen LogP contribution in [0.3, 0.4) is 0 Å². The quantitative estimate of drug-likeness (QED) is 0.0501. The number of carboxylic acids is 1. The zero-order valence-electron chi connectivity index (χ0n) is 29.0. The Kier molecular flexibility index (Phi) is 17.2. The number of carbonyl (C=O) groups is 8. The standard InChI is InChI=1S/C31H47N11O9S2/c32-26(47)20-16-53-52-12-8-22(43)38-18(5-2-1-3-9-36-31(33)34)27(48)37-15-23(44)39-19(13-24(45)46)28(49)41-25(17-7-10-35-14-17)30(51)42-11-4-6-21(42)29(50)40-20/h7,10,14,18-21,25,35H,1-6,8-9,11-13,15-16H2,(H2,32,47)(H,37,48)(H,38,43)(H,39,44)(H,40,50)(H,41,49)(H,45,46)(H4,33,34,36)/t18-,19-,20?,21-,25+/m0/s1. The summed E-state index contributed by atoms with van der Waals surface area (Å²) in [5, 5.41) is 22.1. The lowest BCUT2D eigenvalue weighted by atomic mass is 10.1. The first-order valence-electron chi connectivity index (χ1n) is 17.0. The zero-order chi connectivity index (χ0) is 38.9. The minimum atomic E-state index is -1.67. The van der Waals surface area contributed by atoms with Crippen LogP contribution in [-0.2, 0) is 38.4 Å². The normalized spacial score (nSPS) is 24.5. The predicted molar refractivity (Wildman–Crippen MR) is 195 cm³/mol. The number of rotatable bonds is 10. The number of aromatic amines is 1. The van der Waals surface area contributed by atoms with Crippen molar-refractivity contribution in [3.8, 4) is 0 Å². The van der Waals surface area contributed by atoms with Crippen LogP contribution in [-0.4, -0.2) is 124 Å². The molecule has 292 valence electrons. The molecule has 7 amide bonds. The molecule has 0 aromatic carbocycles. The summed E-state index contributed by atoms with van der Waals surface area (Å²) < 4.78 is 0. The van der Waals surface area contributed by atoms with E-state index in [1.807, 2.05) is 0 Å². The number of aliphatic imine (C=N–C) groups is 1. The number of carbonyl (C=O) groups excluding carboxylic acids is 7. The van der Waals surface area contributed by atoms with Crippen LogP contribution in [0.25, 0.3) is 0 Å². The molecule has 22 heteroatoms. The first-order valence-corrected chi connectivity index (χ1v) is 19.5. The molecule has 0 radical (unpaired) electrons. The average molecular weight is 782 g/mol. The molecule has 1 aromatic heterocycles. The fraction of sp³-hybridized carbons (Fsp3) is 0.581. The van der Waals surface area contributed by atoms with Crippen molar-refractivity contribution in [3.63, 3.8) is 0 Å². The predicted octanol–water partition coefficient (Wildman–Crippen LogP) is -2.69. The number of H-pyrrole nitrogens is 1. The highest BCUT2D eigenvalue weighted by Gasteiger charge is 2.40. The van der Waals surface area contributed by atoms with E-state index in [-0.39, 0.29) is 43.3 Å². The van der Waals surface area contributed by atoms with Gasteiger partial charge in [0, 0.05) is 49.0 Å². The summed E-state index contributed by atoms with van der Waals surface area (Å²) in [6.07, 6.45) is 4.72. The maximum Gasteiger partial charge on any atom is 0.305 e. The molecular weight excluding hydrogens is 735 g/mol. The summed E-state index contributed by atoms with van der Waals surface area (Å²) in [6.45, 7) is -0.127. The third-order valence-electron chi connectivity index (χ3n) is 8.27. The maximum absolute atomic E-state index is 14.0. The Hall–Kier alpha value is -4.99. The van der Waals surface area contributed by atoms with Gasteiger partial charge in [0.2, 0.25) is 35.4 Å². The van der Waals surface area contributed by atoms with E-state index >= 15 is 0 Å². The number of hydrogen-bond donors (Lipinski definition) is 10. The molecule has 0 bridgehead atoms. The van der Waals surface area contributed by atoms with Crippen LogP contribution in [0, 0.1) is 0 Å². The molecule has 3 heterocycles. The number of guanidine groups is 1. The molecule has 0 spiro atoms. The molecule has 2 fully saturated rings. The van der Waals surface area contributed by atoms with Gasteiger partial charge in [-0.25, -0.2) is 0 Å². The Morgan fingerprint density at radius 1 is 0.906 bits per heavy atom. The lowest BCUT2D eigenvalue weighted by Gasteiger charge is -2.30. The number of carboxylic acid groups (broad SMARTS) is 1. The molecule has 20 nitrogen and oxygen atoms in total. The van der Waals surface area contributed by atoms with Gasteiger partial charge in [0.15, 0.2) is 5.96 Å². The molecule has 53 heavy (non-hydrogen) atoms. The van der Waals surface area contributed by atoms with Crippen molar-refractivity contribution in [1.29, 1.82) is 0 Å². The topological polar surface area (TPSA) is 326 Å². The number of primary amides is 1. The number of amides is 7. The van der Waals surface area contributed by atoms with E-state index in [1.165, 1.54) is 44.9 Å². The average Bonchev–Trinajstić information content (AvgIpc) is 3.82. The van der Waals surface area contributed by atoms with Crippen LogP contribution in [0.5, 0.6) is 0 Å². The van der Waals surface area contributed by atoms with Crippen molar-refractivity contribution < 1.29 is 43.5 Å². The fourth-order valence-corrected chi connectivity index (χ4v) is 7.76. The highest BCUT2D eigenvalue weighted by molar-refractivity contribution is 8.76. The van der Waals surface area contributed by atoms with E-state index in [0.717, 1.165) is 0 Å². The van der Waals surface area contributed by atoms with Crippen LogP contribution < -0.4 is 43.8 Å². The fourth-order valence-electron chi connectivity index (χ4n) is 5.59. The second-order valence-electron chi connectivity index (χ2n) is 12.3. The van der Waals surface area contributed by atoms with Crippen molar-refractivity contribution in [2.75, 3.05) is 31.1 Å². The Labute approximate surface area is 313 Å². The van der Waals surface area contributed by atoms with Gasteiger partial charge < -0.3 is 58.8 Å². The molecule has 1 aromatic rings. The number of aromatic nitrogens is 1. The van der Waals surface area contributed by atoms with Crippen molar-refractivity contribution in [1.82, 2.24) is 36.5 Å². The van der Waals surface area contributed by atoms with Crippen LogP contribution in [0.2, 0.25) is 0 Å². The van der Waals surface area contributed by atoms with Crippen LogP contribution in [0.1, 0.15) is 63.0 Å². The molecule has 2 saturated heterocycles. The molecular formula is C31H47N11O9S2. The van der Waals surface area contributed by atoms with E-state index in [1.54, 1.807) is 0 Å². The summed E-state index contributed by atoms with van der Waals surface area (Å²) in [7, 11) is 2.45.